The summed E-state index contributed by atoms with van der Waals surface area (Å²) in [6, 6.07) is 12.6. The number of nitrogens with one attached hydrogen (secondary N) is 1. The van der Waals surface area contributed by atoms with Crippen molar-refractivity contribution in [2.24, 2.45) is 0 Å². The van der Waals surface area contributed by atoms with Crippen LogP contribution in [-0.2, 0) is 0 Å². The van der Waals surface area contributed by atoms with Gasteiger partial charge in [-0.25, -0.2) is 4.98 Å². The van der Waals surface area contributed by atoms with Crippen LogP contribution < -0.4 is 0 Å². The fourth-order valence-electron chi connectivity index (χ4n) is 2.77. The summed E-state index contributed by atoms with van der Waals surface area (Å²) in [5, 5.41) is 1.19. The second-order valence-corrected chi connectivity index (χ2v) is 5.29. The molecule has 0 radical (unpaired) electrons. The second kappa shape index (κ2) is 3.60. The van der Waals surface area contributed by atoms with E-state index >= 15 is 0 Å². The van der Waals surface area contributed by atoms with Crippen LogP contribution in [0.5, 0.6) is 0 Å². The lowest BCUT2D eigenvalue weighted by atomic mass is 10.1. The van der Waals surface area contributed by atoms with Gasteiger partial charge in [0.1, 0.15) is 16.8 Å². The Kier molecular flexibility index (Phi) is 2.01. The lowest BCUT2D eigenvalue weighted by Gasteiger charge is -2.06. The van der Waals surface area contributed by atoms with Crippen LogP contribution in [0.15, 0.2) is 42.6 Å². The van der Waals surface area contributed by atoms with E-state index in [2.05, 4.69) is 59.8 Å². The molecule has 0 amide bonds. The molecule has 3 heterocycles. The Morgan fingerprint density at radius 3 is 2.79 bits per heavy atom. The Labute approximate surface area is 110 Å². The predicted molar refractivity (Wildman–Crippen MR) is 78.6 cm³/mol. The van der Waals surface area contributed by atoms with Gasteiger partial charge in [0.05, 0.1) is 0 Å². The smallest absolute Gasteiger partial charge is 0.143 e. The third-order valence-electron chi connectivity index (χ3n) is 3.74. The molecule has 3 aromatic heterocycles. The van der Waals surface area contributed by atoms with Crippen molar-refractivity contribution in [3.05, 3.63) is 48.2 Å². The van der Waals surface area contributed by atoms with Crippen molar-refractivity contribution in [1.29, 1.82) is 0 Å². The normalized spacial score (nSPS) is 12.2. The SMILES string of the molecule is CC(C)c1cccn2c1nc1c3ccccc3[nH]c12. The summed E-state index contributed by atoms with van der Waals surface area (Å²) in [6.45, 7) is 4.41. The summed E-state index contributed by atoms with van der Waals surface area (Å²) >= 11 is 0. The number of hydrogen-bond acceptors (Lipinski definition) is 1. The average molecular weight is 249 g/mol. The topological polar surface area (TPSA) is 33.1 Å². The number of H-pyrrole nitrogens is 1. The number of aromatic amines is 1. The first-order valence-corrected chi connectivity index (χ1v) is 6.63. The van der Waals surface area contributed by atoms with Gasteiger partial charge in [-0.3, -0.25) is 4.40 Å². The third-order valence-corrected chi connectivity index (χ3v) is 3.74. The van der Waals surface area contributed by atoms with Crippen molar-refractivity contribution in [1.82, 2.24) is 14.4 Å². The molecule has 1 aromatic carbocycles. The van der Waals surface area contributed by atoms with Gasteiger partial charge in [-0.2, -0.15) is 0 Å². The second-order valence-electron chi connectivity index (χ2n) is 5.29. The van der Waals surface area contributed by atoms with Gasteiger partial charge >= 0.3 is 0 Å². The van der Waals surface area contributed by atoms with Gasteiger partial charge < -0.3 is 4.98 Å². The van der Waals surface area contributed by atoms with E-state index in [0.717, 1.165) is 22.3 Å². The zero-order chi connectivity index (χ0) is 13.0. The van der Waals surface area contributed by atoms with Crippen LogP contribution in [-0.4, -0.2) is 14.4 Å². The molecule has 0 unspecified atom stereocenters. The van der Waals surface area contributed by atoms with Gasteiger partial charge in [-0.05, 0) is 23.6 Å². The molecule has 4 aromatic rings. The van der Waals surface area contributed by atoms with Gasteiger partial charge in [-0.1, -0.05) is 38.1 Å². The van der Waals surface area contributed by atoms with Crippen LogP contribution in [0.2, 0.25) is 0 Å². The Bertz CT molecular complexity index is 896. The molecule has 1 N–H and O–H groups in total. The van der Waals surface area contributed by atoms with E-state index in [-0.39, 0.29) is 0 Å². The third kappa shape index (κ3) is 1.35. The van der Waals surface area contributed by atoms with E-state index in [1.165, 1.54) is 10.9 Å². The number of pyridine rings is 1. The van der Waals surface area contributed by atoms with Gasteiger partial charge in [0.25, 0.3) is 0 Å². The number of imidazole rings is 1. The largest absolute Gasteiger partial charge is 0.339 e. The molecule has 19 heavy (non-hydrogen) atoms. The Balaban J connectivity index is 2.22. The summed E-state index contributed by atoms with van der Waals surface area (Å²) in [7, 11) is 0. The standard InChI is InChI=1S/C16H15N3/c1-10(2)11-7-5-9-19-15(11)18-14-12-6-3-4-8-13(12)17-16(14)19/h3-10,17H,1-2H3. The highest BCUT2D eigenvalue weighted by atomic mass is 15.1. The van der Waals surface area contributed by atoms with Crippen molar-refractivity contribution in [3.8, 4) is 0 Å². The Morgan fingerprint density at radius 1 is 1.11 bits per heavy atom. The molecule has 0 saturated carbocycles. The number of fused-ring (bicyclic) bond motifs is 5. The minimum Gasteiger partial charge on any atom is -0.339 e. The van der Waals surface area contributed by atoms with Crippen molar-refractivity contribution >= 4 is 27.7 Å². The summed E-state index contributed by atoms with van der Waals surface area (Å²) in [6.07, 6.45) is 2.08. The van der Waals surface area contributed by atoms with E-state index in [1.807, 2.05) is 6.07 Å². The quantitative estimate of drug-likeness (QED) is 0.541. The molecular formula is C16H15N3. The predicted octanol–water partition coefficient (Wildman–Crippen LogP) is 4.09. The van der Waals surface area contributed by atoms with Gasteiger partial charge in [0, 0.05) is 17.1 Å². The van der Waals surface area contributed by atoms with E-state index in [4.69, 9.17) is 4.98 Å². The van der Waals surface area contributed by atoms with Crippen LogP contribution in [0, 0.1) is 0 Å². The number of nitrogens with zero attached hydrogens (tertiary/aromatic N) is 2. The number of hydrogen-bond donors (Lipinski definition) is 1. The van der Waals surface area contributed by atoms with Crippen molar-refractivity contribution in [3.63, 3.8) is 0 Å². The monoisotopic (exact) mass is 249 g/mol. The van der Waals surface area contributed by atoms with Crippen LogP contribution >= 0.6 is 0 Å². The first kappa shape index (κ1) is 10.6. The lowest BCUT2D eigenvalue weighted by molar-refractivity contribution is 0.864. The molecule has 0 aliphatic heterocycles. The molecule has 3 nitrogen and oxygen atoms in total. The molecule has 3 heteroatoms. The lowest BCUT2D eigenvalue weighted by Crippen LogP contribution is -1.94. The Morgan fingerprint density at radius 2 is 1.95 bits per heavy atom. The average Bonchev–Trinajstić information content (AvgIpc) is 2.94. The van der Waals surface area contributed by atoms with E-state index in [0.29, 0.717) is 5.92 Å². The summed E-state index contributed by atoms with van der Waals surface area (Å²) in [4.78, 5) is 8.32. The molecule has 0 aliphatic carbocycles. The van der Waals surface area contributed by atoms with Crippen LogP contribution in [0.3, 0.4) is 0 Å². The van der Waals surface area contributed by atoms with E-state index in [1.54, 1.807) is 0 Å². The van der Waals surface area contributed by atoms with Crippen LogP contribution in [0.25, 0.3) is 27.7 Å². The molecule has 94 valence electrons. The maximum Gasteiger partial charge on any atom is 0.143 e. The first-order valence-electron chi connectivity index (χ1n) is 6.63. The highest BCUT2D eigenvalue weighted by molar-refractivity contribution is 6.05. The van der Waals surface area contributed by atoms with E-state index in [9.17, 15) is 0 Å². The summed E-state index contributed by atoms with van der Waals surface area (Å²) in [5.74, 6) is 0.474. The first-order chi connectivity index (χ1) is 9.25. The van der Waals surface area contributed by atoms with Gasteiger partial charge in [0.15, 0.2) is 0 Å². The van der Waals surface area contributed by atoms with Crippen molar-refractivity contribution < 1.29 is 0 Å². The summed E-state index contributed by atoms with van der Waals surface area (Å²) in [5.41, 5.74) is 5.63. The number of para-hydroxylation sites is 1. The highest BCUT2D eigenvalue weighted by Crippen LogP contribution is 2.28. The molecule has 4 rings (SSSR count). The molecular weight excluding hydrogens is 234 g/mol. The maximum atomic E-state index is 4.86. The molecule has 0 spiro atoms. The molecule has 0 atom stereocenters. The zero-order valence-electron chi connectivity index (χ0n) is 11.0. The molecule has 0 saturated heterocycles. The minimum absolute atomic E-state index is 0.474. The highest BCUT2D eigenvalue weighted by Gasteiger charge is 2.14. The van der Waals surface area contributed by atoms with E-state index < -0.39 is 0 Å². The molecule has 0 fully saturated rings. The van der Waals surface area contributed by atoms with Crippen molar-refractivity contribution in [2.75, 3.05) is 0 Å². The number of benzene rings is 1. The number of aromatic nitrogens is 3. The maximum absolute atomic E-state index is 4.86. The summed E-state index contributed by atoms with van der Waals surface area (Å²) < 4.78 is 2.16. The fourth-order valence-corrected chi connectivity index (χ4v) is 2.77. The molecule has 0 aliphatic rings. The Hall–Kier alpha value is -2.29. The van der Waals surface area contributed by atoms with Crippen molar-refractivity contribution in [2.45, 2.75) is 19.8 Å². The van der Waals surface area contributed by atoms with Gasteiger partial charge in [0.2, 0.25) is 0 Å². The zero-order valence-corrected chi connectivity index (χ0v) is 11.0. The van der Waals surface area contributed by atoms with Crippen LogP contribution in [0.4, 0.5) is 0 Å². The molecule has 0 bridgehead atoms. The minimum atomic E-state index is 0.474. The fraction of sp³-hybridized carbons (Fsp3) is 0.188. The van der Waals surface area contributed by atoms with Gasteiger partial charge in [-0.15, -0.1) is 0 Å². The number of rotatable bonds is 1. The van der Waals surface area contributed by atoms with Crippen LogP contribution in [0.1, 0.15) is 25.3 Å².